The Bertz CT molecular complexity index is 719. The fraction of sp³-hybridized carbons (Fsp3) is 0.222. The van der Waals surface area contributed by atoms with E-state index in [1.54, 1.807) is 36.4 Å². The van der Waals surface area contributed by atoms with E-state index in [0.717, 1.165) is 5.56 Å². The van der Waals surface area contributed by atoms with Crippen molar-refractivity contribution in [3.8, 4) is 5.75 Å². The van der Waals surface area contributed by atoms with Crippen LogP contribution in [0.1, 0.15) is 12.5 Å². The molecule has 132 valence electrons. The summed E-state index contributed by atoms with van der Waals surface area (Å²) in [5, 5.41) is 3.13. The van der Waals surface area contributed by atoms with E-state index < -0.39 is 24.6 Å². The molecule has 5 nitrogen and oxygen atoms in total. The highest BCUT2D eigenvalue weighted by molar-refractivity contribution is 6.30. The van der Waals surface area contributed by atoms with E-state index >= 15 is 0 Å². The third kappa shape index (κ3) is 6.43. The van der Waals surface area contributed by atoms with E-state index in [1.165, 1.54) is 19.1 Å². The molecule has 0 aliphatic carbocycles. The Balaban J connectivity index is 1.71. The maximum Gasteiger partial charge on any atom is 0.347 e. The smallest absolute Gasteiger partial charge is 0.347 e. The van der Waals surface area contributed by atoms with E-state index in [-0.39, 0.29) is 12.4 Å². The highest BCUT2D eigenvalue weighted by atomic mass is 35.5. The Labute approximate surface area is 149 Å². The van der Waals surface area contributed by atoms with Gasteiger partial charge in [0.1, 0.15) is 11.6 Å². The SMILES string of the molecule is C[C@@H](Oc1ccc(Cl)cc1)C(=O)OCC(=O)NCc1ccc(F)cc1. The lowest BCUT2D eigenvalue weighted by atomic mass is 10.2. The largest absolute Gasteiger partial charge is 0.479 e. The predicted molar refractivity (Wildman–Crippen MR) is 90.7 cm³/mol. The number of benzene rings is 2. The quantitative estimate of drug-likeness (QED) is 0.766. The van der Waals surface area contributed by atoms with Crippen LogP contribution in [0.2, 0.25) is 5.02 Å². The average Bonchev–Trinajstić information content (AvgIpc) is 2.61. The fourth-order valence-corrected chi connectivity index (χ4v) is 2.00. The van der Waals surface area contributed by atoms with E-state index in [2.05, 4.69) is 5.32 Å². The minimum atomic E-state index is -0.869. The van der Waals surface area contributed by atoms with Crippen LogP contribution < -0.4 is 10.1 Å². The summed E-state index contributed by atoms with van der Waals surface area (Å²) in [6.07, 6.45) is -0.869. The molecule has 2 aromatic carbocycles. The number of hydrogen-bond donors (Lipinski definition) is 1. The maximum absolute atomic E-state index is 12.8. The van der Waals surface area contributed by atoms with E-state index in [1.807, 2.05) is 0 Å². The van der Waals surface area contributed by atoms with Gasteiger partial charge in [0, 0.05) is 11.6 Å². The van der Waals surface area contributed by atoms with Gasteiger partial charge >= 0.3 is 5.97 Å². The van der Waals surface area contributed by atoms with Crippen molar-refractivity contribution in [2.24, 2.45) is 0 Å². The molecular weight excluding hydrogens is 349 g/mol. The number of carbonyl (C=O) groups is 2. The molecule has 2 aromatic rings. The maximum atomic E-state index is 12.8. The van der Waals surface area contributed by atoms with Crippen LogP contribution >= 0.6 is 11.6 Å². The zero-order valence-electron chi connectivity index (χ0n) is 13.5. The summed E-state index contributed by atoms with van der Waals surface area (Å²) in [5.74, 6) is -1.00. The average molecular weight is 366 g/mol. The van der Waals surface area contributed by atoms with Gasteiger partial charge in [-0.15, -0.1) is 0 Å². The Morgan fingerprint density at radius 1 is 1.12 bits per heavy atom. The summed E-state index contributed by atoms with van der Waals surface area (Å²) >= 11 is 5.77. The number of esters is 1. The molecule has 0 bridgehead atoms. The van der Waals surface area contributed by atoms with Gasteiger partial charge in [-0.3, -0.25) is 4.79 Å². The standard InChI is InChI=1S/C18H17ClFNO4/c1-12(25-16-8-4-14(19)5-9-16)18(23)24-11-17(22)21-10-13-2-6-15(20)7-3-13/h2-9,12H,10-11H2,1H3,(H,21,22)/t12-/m1/s1. The van der Waals surface area contributed by atoms with Gasteiger partial charge in [-0.1, -0.05) is 23.7 Å². The Hall–Kier alpha value is -2.60. The van der Waals surface area contributed by atoms with Crippen molar-refractivity contribution in [1.82, 2.24) is 5.32 Å². The second-order valence-corrected chi connectivity index (χ2v) is 5.66. The molecule has 0 saturated heterocycles. The number of rotatable bonds is 7. The number of amides is 1. The van der Waals surface area contributed by atoms with Crippen molar-refractivity contribution in [2.75, 3.05) is 6.61 Å². The number of halogens is 2. The van der Waals surface area contributed by atoms with Gasteiger partial charge in [-0.2, -0.15) is 0 Å². The molecule has 0 radical (unpaired) electrons. The summed E-state index contributed by atoms with van der Waals surface area (Å²) in [6, 6.07) is 12.3. The van der Waals surface area contributed by atoms with Crippen molar-refractivity contribution in [3.05, 3.63) is 64.9 Å². The first-order chi connectivity index (χ1) is 11.9. The lowest BCUT2D eigenvalue weighted by Gasteiger charge is -2.14. The van der Waals surface area contributed by atoms with E-state index in [0.29, 0.717) is 10.8 Å². The molecule has 1 amide bonds. The zero-order chi connectivity index (χ0) is 18.2. The van der Waals surface area contributed by atoms with Crippen LogP contribution in [0.15, 0.2) is 48.5 Å². The first kappa shape index (κ1) is 18.7. The lowest BCUT2D eigenvalue weighted by molar-refractivity contribution is -0.154. The highest BCUT2D eigenvalue weighted by Gasteiger charge is 2.17. The van der Waals surface area contributed by atoms with Crippen molar-refractivity contribution < 1.29 is 23.5 Å². The molecule has 0 unspecified atom stereocenters. The van der Waals surface area contributed by atoms with Gasteiger partial charge in [-0.25, -0.2) is 9.18 Å². The fourth-order valence-electron chi connectivity index (χ4n) is 1.87. The van der Waals surface area contributed by atoms with Gasteiger partial charge in [0.05, 0.1) is 0 Å². The van der Waals surface area contributed by atoms with Crippen LogP contribution in [-0.4, -0.2) is 24.6 Å². The van der Waals surface area contributed by atoms with Crippen LogP contribution in [-0.2, 0) is 20.9 Å². The molecule has 0 fully saturated rings. The van der Waals surface area contributed by atoms with Gasteiger partial charge in [0.25, 0.3) is 5.91 Å². The first-order valence-corrected chi connectivity index (χ1v) is 7.92. The van der Waals surface area contributed by atoms with Gasteiger partial charge in [0.15, 0.2) is 12.7 Å². The van der Waals surface area contributed by atoms with E-state index in [9.17, 15) is 14.0 Å². The normalized spacial score (nSPS) is 11.5. The minimum Gasteiger partial charge on any atom is -0.479 e. The molecule has 0 spiro atoms. The molecule has 2 rings (SSSR count). The summed E-state index contributed by atoms with van der Waals surface area (Å²) < 4.78 is 23.1. The van der Waals surface area contributed by atoms with Gasteiger partial charge in [0.2, 0.25) is 0 Å². The summed E-state index contributed by atoms with van der Waals surface area (Å²) in [6.45, 7) is 1.31. The molecule has 25 heavy (non-hydrogen) atoms. The van der Waals surface area contributed by atoms with Crippen molar-refractivity contribution in [1.29, 1.82) is 0 Å². The summed E-state index contributed by atoms with van der Waals surface area (Å²) in [5.41, 5.74) is 0.737. The predicted octanol–water partition coefficient (Wildman–Crippen LogP) is 3.11. The van der Waals surface area contributed by atoms with Crippen molar-refractivity contribution in [3.63, 3.8) is 0 Å². The van der Waals surface area contributed by atoms with Crippen molar-refractivity contribution >= 4 is 23.5 Å². The number of ether oxygens (including phenoxy) is 2. The zero-order valence-corrected chi connectivity index (χ0v) is 14.3. The molecule has 7 heteroatoms. The molecule has 0 saturated carbocycles. The number of carbonyl (C=O) groups excluding carboxylic acids is 2. The Morgan fingerprint density at radius 2 is 1.76 bits per heavy atom. The Morgan fingerprint density at radius 3 is 2.40 bits per heavy atom. The molecular formula is C18H17ClFNO4. The van der Waals surface area contributed by atoms with Gasteiger partial charge < -0.3 is 14.8 Å². The molecule has 1 N–H and O–H groups in total. The lowest BCUT2D eigenvalue weighted by Crippen LogP contribution is -2.32. The molecule has 0 aliphatic heterocycles. The van der Waals surface area contributed by atoms with Crippen LogP contribution in [0, 0.1) is 5.82 Å². The number of nitrogens with one attached hydrogen (secondary N) is 1. The monoisotopic (exact) mass is 365 g/mol. The van der Waals surface area contributed by atoms with Crippen LogP contribution in [0.3, 0.4) is 0 Å². The number of hydrogen-bond acceptors (Lipinski definition) is 4. The molecule has 0 aliphatic rings. The van der Waals surface area contributed by atoms with E-state index in [4.69, 9.17) is 21.1 Å². The third-order valence-electron chi connectivity index (χ3n) is 3.21. The third-order valence-corrected chi connectivity index (χ3v) is 3.46. The molecule has 0 heterocycles. The highest BCUT2D eigenvalue weighted by Crippen LogP contribution is 2.17. The van der Waals surface area contributed by atoms with Crippen molar-refractivity contribution in [2.45, 2.75) is 19.6 Å². The van der Waals surface area contributed by atoms with Gasteiger partial charge in [-0.05, 0) is 48.9 Å². The second-order valence-electron chi connectivity index (χ2n) is 5.22. The van der Waals surface area contributed by atoms with Crippen LogP contribution in [0.5, 0.6) is 5.75 Å². The van der Waals surface area contributed by atoms with Crippen LogP contribution in [0.25, 0.3) is 0 Å². The minimum absolute atomic E-state index is 0.216. The first-order valence-electron chi connectivity index (χ1n) is 7.54. The molecule has 0 aromatic heterocycles. The summed E-state index contributed by atoms with van der Waals surface area (Å²) in [4.78, 5) is 23.5. The topological polar surface area (TPSA) is 64.6 Å². The second kappa shape index (κ2) is 9.03. The Kier molecular flexibility index (Phi) is 6.77. The summed E-state index contributed by atoms with van der Waals surface area (Å²) in [7, 11) is 0. The van der Waals surface area contributed by atoms with Crippen LogP contribution in [0.4, 0.5) is 4.39 Å². The molecule has 1 atom stereocenters.